The molecule has 1 aromatic heterocycles. The Labute approximate surface area is 192 Å². The van der Waals surface area contributed by atoms with Crippen LogP contribution >= 0.6 is 0 Å². The minimum atomic E-state index is -1.36. The number of aliphatic carboxylic acids is 1. The summed E-state index contributed by atoms with van der Waals surface area (Å²) < 4.78 is 16.3. The molecule has 1 N–H and O–H groups in total. The average Bonchev–Trinajstić information content (AvgIpc) is 2.78. The number of carboxylic acid groups (broad SMARTS) is 1. The summed E-state index contributed by atoms with van der Waals surface area (Å²) in [6.07, 6.45) is 3.16. The van der Waals surface area contributed by atoms with Gasteiger partial charge in [0.25, 0.3) is 0 Å². The van der Waals surface area contributed by atoms with E-state index in [1.165, 1.54) is 27.0 Å². The number of ether oxygens (including phenoxy) is 3. The highest BCUT2D eigenvalue weighted by Crippen LogP contribution is 2.30. The van der Waals surface area contributed by atoms with E-state index in [9.17, 15) is 14.7 Å². The molecule has 7 heteroatoms. The number of methoxy groups -OCH3 is 2. The molecular weight excluding hydrogens is 422 g/mol. The van der Waals surface area contributed by atoms with Gasteiger partial charge in [-0.15, -0.1) is 0 Å². The zero-order valence-electron chi connectivity index (χ0n) is 19.6. The number of hydrogen-bond acceptors (Lipinski definition) is 6. The van der Waals surface area contributed by atoms with E-state index in [1.807, 2.05) is 38.1 Å². The average molecular weight is 450 g/mol. The number of carbonyl (C=O) groups excluding carboxylic acids is 1. The number of nitrogens with zero attached hydrogens (tertiary/aromatic N) is 1. The second-order valence-electron chi connectivity index (χ2n) is 8.20. The van der Waals surface area contributed by atoms with Gasteiger partial charge in [-0.05, 0) is 86.9 Å². The van der Waals surface area contributed by atoms with Crippen molar-refractivity contribution in [3.63, 3.8) is 0 Å². The van der Waals surface area contributed by atoms with Gasteiger partial charge in [0.1, 0.15) is 11.5 Å². The third-order valence-electron chi connectivity index (χ3n) is 5.23. The summed E-state index contributed by atoms with van der Waals surface area (Å²) in [5.41, 5.74) is 2.01. The quantitative estimate of drug-likeness (QED) is 0.382. The molecule has 0 spiro atoms. The molecule has 2 aromatic carbocycles. The maximum Gasteiger partial charge on any atom is 0.347 e. The number of aryl methyl sites for hydroxylation is 2. The van der Waals surface area contributed by atoms with Crippen LogP contribution in [-0.2, 0) is 4.79 Å². The van der Waals surface area contributed by atoms with Gasteiger partial charge < -0.3 is 19.3 Å². The van der Waals surface area contributed by atoms with Gasteiger partial charge in [-0.3, -0.25) is 4.79 Å². The lowest BCUT2D eigenvalue weighted by atomic mass is 10.0. The van der Waals surface area contributed by atoms with Gasteiger partial charge in [0.2, 0.25) is 5.88 Å². The molecule has 0 unspecified atom stereocenters. The second-order valence-corrected chi connectivity index (χ2v) is 8.20. The van der Waals surface area contributed by atoms with Crippen LogP contribution in [0.25, 0.3) is 17.0 Å². The fourth-order valence-corrected chi connectivity index (χ4v) is 3.40. The minimum Gasteiger partial charge on any atom is -0.497 e. The van der Waals surface area contributed by atoms with Crippen LogP contribution < -0.4 is 14.2 Å². The number of allylic oxidation sites excluding steroid dienone is 1. The van der Waals surface area contributed by atoms with E-state index in [-0.39, 0.29) is 11.7 Å². The largest absolute Gasteiger partial charge is 0.497 e. The molecule has 0 saturated carbocycles. The lowest BCUT2D eigenvalue weighted by Gasteiger charge is -2.24. The van der Waals surface area contributed by atoms with E-state index in [0.29, 0.717) is 22.6 Å². The fourth-order valence-electron chi connectivity index (χ4n) is 3.40. The molecular formula is C26H27NO6. The van der Waals surface area contributed by atoms with Crippen molar-refractivity contribution in [3.05, 3.63) is 64.7 Å². The number of rotatable bonds is 8. The summed E-state index contributed by atoms with van der Waals surface area (Å²) >= 11 is 0. The molecule has 3 aromatic rings. The predicted octanol–water partition coefficient (Wildman–Crippen LogP) is 5.01. The molecule has 0 aliphatic heterocycles. The molecule has 0 aliphatic carbocycles. The zero-order chi connectivity index (χ0) is 24.3. The van der Waals surface area contributed by atoms with Gasteiger partial charge in [0, 0.05) is 5.39 Å². The van der Waals surface area contributed by atoms with Gasteiger partial charge in [-0.2, -0.15) is 0 Å². The van der Waals surface area contributed by atoms with Crippen LogP contribution in [0, 0.1) is 13.8 Å². The standard InChI is InChI=1S/C26H27NO6/c1-15-11-17(12-16(2)23(15)33-26(3,4)25(29)30)7-10-22(28)20-14-18-13-19(31-5)8-9-21(18)27-24(20)32-6/h7-14H,1-6H3,(H,29,30). The Balaban J connectivity index is 1.91. The van der Waals surface area contributed by atoms with Crippen molar-refractivity contribution in [1.82, 2.24) is 4.98 Å². The topological polar surface area (TPSA) is 95.0 Å². The van der Waals surface area contributed by atoms with Crippen molar-refractivity contribution < 1.29 is 28.9 Å². The summed E-state index contributed by atoms with van der Waals surface area (Å²) in [5.74, 6) is 0.121. The van der Waals surface area contributed by atoms with E-state index in [0.717, 1.165) is 22.1 Å². The fraction of sp³-hybridized carbons (Fsp3) is 0.269. The van der Waals surface area contributed by atoms with Crippen molar-refractivity contribution >= 4 is 28.7 Å². The molecule has 0 atom stereocenters. The maximum atomic E-state index is 13.0. The first-order chi connectivity index (χ1) is 15.6. The number of fused-ring (bicyclic) bond motifs is 1. The van der Waals surface area contributed by atoms with Crippen LogP contribution in [0.5, 0.6) is 17.4 Å². The number of aromatic nitrogens is 1. The van der Waals surface area contributed by atoms with E-state index < -0.39 is 11.6 Å². The number of benzene rings is 2. The molecule has 0 saturated heterocycles. The Morgan fingerprint density at radius 1 is 1.00 bits per heavy atom. The molecule has 0 bridgehead atoms. The normalized spacial score (nSPS) is 11.6. The van der Waals surface area contributed by atoms with Crippen LogP contribution in [0.15, 0.2) is 42.5 Å². The molecule has 33 heavy (non-hydrogen) atoms. The summed E-state index contributed by atoms with van der Waals surface area (Å²) in [5, 5.41) is 10.1. The smallest absolute Gasteiger partial charge is 0.347 e. The third-order valence-corrected chi connectivity index (χ3v) is 5.23. The summed E-state index contributed by atoms with van der Waals surface area (Å²) in [4.78, 5) is 28.8. The molecule has 1 heterocycles. The van der Waals surface area contributed by atoms with E-state index >= 15 is 0 Å². The highest BCUT2D eigenvalue weighted by Gasteiger charge is 2.30. The van der Waals surface area contributed by atoms with E-state index in [1.54, 1.807) is 25.3 Å². The van der Waals surface area contributed by atoms with Crippen molar-refractivity contribution in [3.8, 4) is 17.4 Å². The Morgan fingerprint density at radius 3 is 2.24 bits per heavy atom. The predicted molar refractivity (Wildman–Crippen MR) is 126 cm³/mol. The van der Waals surface area contributed by atoms with E-state index in [2.05, 4.69) is 4.98 Å². The van der Waals surface area contributed by atoms with Crippen molar-refractivity contribution in [1.29, 1.82) is 0 Å². The molecule has 0 radical (unpaired) electrons. The first-order valence-corrected chi connectivity index (χ1v) is 10.3. The third kappa shape index (κ3) is 5.14. The van der Waals surface area contributed by atoms with Crippen molar-refractivity contribution in [2.24, 2.45) is 0 Å². The number of carboxylic acids is 1. The Bertz CT molecular complexity index is 1240. The van der Waals surface area contributed by atoms with Gasteiger partial charge in [-0.1, -0.05) is 6.08 Å². The first kappa shape index (κ1) is 23.8. The summed E-state index contributed by atoms with van der Waals surface area (Å²) in [7, 11) is 3.05. The van der Waals surface area contributed by atoms with Gasteiger partial charge in [0.15, 0.2) is 11.4 Å². The van der Waals surface area contributed by atoms with Crippen LogP contribution in [-0.4, -0.2) is 41.7 Å². The summed E-state index contributed by atoms with van der Waals surface area (Å²) in [6, 6.07) is 10.8. The number of hydrogen-bond donors (Lipinski definition) is 1. The van der Waals surface area contributed by atoms with Crippen molar-refractivity contribution in [2.75, 3.05) is 14.2 Å². The molecule has 0 aliphatic rings. The van der Waals surface area contributed by atoms with Gasteiger partial charge >= 0.3 is 5.97 Å². The monoisotopic (exact) mass is 449 g/mol. The molecule has 0 fully saturated rings. The van der Waals surface area contributed by atoms with Crippen LogP contribution in [0.4, 0.5) is 0 Å². The van der Waals surface area contributed by atoms with E-state index in [4.69, 9.17) is 14.2 Å². The molecule has 7 nitrogen and oxygen atoms in total. The maximum absolute atomic E-state index is 13.0. The molecule has 3 rings (SSSR count). The van der Waals surface area contributed by atoms with Crippen molar-refractivity contribution in [2.45, 2.75) is 33.3 Å². The SMILES string of the molecule is COc1ccc2nc(OC)c(C(=O)C=Cc3cc(C)c(OC(C)(C)C(=O)O)c(C)c3)cc2c1. The summed E-state index contributed by atoms with van der Waals surface area (Å²) in [6.45, 7) is 6.68. The number of carbonyl (C=O) groups is 2. The van der Waals surface area contributed by atoms with Crippen LogP contribution in [0.1, 0.15) is 40.9 Å². The molecule has 172 valence electrons. The number of pyridine rings is 1. The molecule has 0 amide bonds. The second kappa shape index (κ2) is 9.32. The first-order valence-electron chi connectivity index (χ1n) is 10.3. The zero-order valence-corrected chi connectivity index (χ0v) is 19.6. The van der Waals surface area contributed by atoms with Gasteiger partial charge in [-0.25, -0.2) is 9.78 Å². The van der Waals surface area contributed by atoms with Crippen LogP contribution in [0.2, 0.25) is 0 Å². The lowest BCUT2D eigenvalue weighted by Crippen LogP contribution is -2.38. The van der Waals surface area contributed by atoms with Gasteiger partial charge in [0.05, 0.1) is 25.3 Å². The lowest BCUT2D eigenvalue weighted by molar-refractivity contribution is -0.152. The highest BCUT2D eigenvalue weighted by molar-refractivity contribution is 6.10. The Morgan fingerprint density at radius 2 is 1.67 bits per heavy atom. The minimum absolute atomic E-state index is 0.245. The highest BCUT2D eigenvalue weighted by atomic mass is 16.5. The Kier molecular flexibility index (Phi) is 6.72. The van der Waals surface area contributed by atoms with Crippen LogP contribution in [0.3, 0.4) is 0 Å². The number of ketones is 1. The Hall–Kier alpha value is -3.87.